The van der Waals surface area contributed by atoms with Gasteiger partial charge in [-0.05, 0) is 47.9 Å². The molecule has 0 bridgehead atoms. The number of hydrogen-bond acceptors (Lipinski definition) is 4. The molecule has 0 aliphatic rings. The molecule has 0 fully saturated rings. The molecule has 39 heavy (non-hydrogen) atoms. The Hall–Kier alpha value is -2.59. The number of halogens is 3. The van der Waals surface area contributed by atoms with Crippen molar-refractivity contribution in [3.8, 4) is 0 Å². The zero-order valence-electron chi connectivity index (χ0n) is 21.6. The monoisotopic (exact) mass is 653 g/mol. The largest absolute Gasteiger partial charge is 0.354 e. The molecule has 0 radical (unpaired) electrons. The lowest BCUT2D eigenvalue weighted by atomic mass is 10.0. The molecule has 0 heterocycles. The van der Waals surface area contributed by atoms with Crippen molar-refractivity contribution in [3.63, 3.8) is 0 Å². The van der Waals surface area contributed by atoms with Crippen molar-refractivity contribution in [1.82, 2.24) is 10.2 Å². The molecule has 0 saturated heterocycles. The molecule has 2 amide bonds. The molecule has 11 heteroatoms. The van der Waals surface area contributed by atoms with E-state index in [1.165, 1.54) is 23.1 Å². The van der Waals surface area contributed by atoms with Crippen molar-refractivity contribution in [2.75, 3.05) is 23.7 Å². The zero-order chi connectivity index (χ0) is 28.6. The summed E-state index contributed by atoms with van der Waals surface area (Å²) in [4.78, 5) is 28.9. The summed E-state index contributed by atoms with van der Waals surface area (Å²) in [6.45, 7) is 1.90. The molecule has 0 unspecified atom stereocenters. The fourth-order valence-corrected chi connectivity index (χ4v) is 5.53. The molecular formula is C28H30BrCl2N3O4S. The number of amides is 2. The van der Waals surface area contributed by atoms with Gasteiger partial charge in [0.2, 0.25) is 21.8 Å². The summed E-state index contributed by atoms with van der Waals surface area (Å²) >= 11 is 15.9. The van der Waals surface area contributed by atoms with Crippen LogP contribution in [0.3, 0.4) is 0 Å². The van der Waals surface area contributed by atoms with Crippen molar-refractivity contribution >= 4 is 66.7 Å². The van der Waals surface area contributed by atoms with Crippen molar-refractivity contribution in [2.45, 2.75) is 32.4 Å². The van der Waals surface area contributed by atoms with Gasteiger partial charge in [-0.15, -0.1) is 0 Å². The van der Waals surface area contributed by atoms with E-state index in [2.05, 4.69) is 21.2 Å². The number of benzene rings is 3. The molecule has 0 spiro atoms. The number of nitrogens with zero attached hydrogens (tertiary/aromatic N) is 2. The van der Waals surface area contributed by atoms with Gasteiger partial charge in [-0.25, -0.2) is 8.42 Å². The summed E-state index contributed by atoms with van der Waals surface area (Å²) in [7, 11) is -3.95. The quantitative estimate of drug-likeness (QED) is 0.272. The van der Waals surface area contributed by atoms with Gasteiger partial charge in [0.1, 0.15) is 12.6 Å². The maximum absolute atomic E-state index is 14.0. The first-order valence-corrected chi connectivity index (χ1v) is 15.7. The van der Waals surface area contributed by atoms with E-state index in [1.807, 2.05) is 61.5 Å². The minimum atomic E-state index is -3.95. The third-order valence-electron chi connectivity index (χ3n) is 5.94. The minimum Gasteiger partial charge on any atom is -0.354 e. The lowest BCUT2D eigenvalue weighted by molar-refractivity contribution is -0.140. The molecule has 3 aromatic carbocycles. The first-order chi connectivity index (χ1) is 18.5. The number of hydrogen-bond donors (Lipinski definition) is 1. The highest BCUT2D eigenvalue weighted by molar-refractivity contribution is 9.10. The summed E-state index contributed by atoms with van der Waals surface area (Å²) in [6, 6.07) is 20.2. The van der Waals surface area contributed by atoms with Gasteiger partial charge in [0.25, 0.3) is 0 Å². The van der Waals surface area contributed by atoms with E-state index in [4.69, 9.17) is 23.2 Å². The second-order valence-electron chi connectivity index (χ2n) is 9.01. The van der Waals surface area contributed by atoms with E-state index in [1.54, 1.807) is 0 Å². The minimum absolute atomic E-state index is 0.0821. The van der Waals surface area contributed by atoms with Gasteiger partial charge in [-0.2, -0.15) is 0 Å². The summed E-state index contributed by atoms with van der Waals surface area (Å²) in [5.74, 6) is -0.884. The number of carbonyl (C=O) groups excluding carboxylic acids is 2. The van der Waals surface area contributed by atoms with Crippen molar-refractivity contribution < 1.29 is 18.0 Å². The smallest absolute Gasteiger partial charge is 0.244 e. The molecule has 0 saturated carbocycles. The molecular weight excluding hydrogens is 625 g/mol. The van der Waals surface area contributed by atoms with Crippen LogP contribution in [0.1, 0.15) is 24.5 Å². The predicted octanol–water partition coefficient (Wildman–Crippen LogP) is 5.69. The Bertz CT molecular complexity index is 1390. The Kier molecular flexibility index (Phi) is 11.2. The molecule has 1 atom stereocenters. The van der Waals surface area contributed by atoms with Crippen molar-refractivity contribution in [3.05, 3.63) is 98.4 Å². The SMILES string of the molecule is CCCNC(=O)[C@H](Cc1ccccc1)N(Cc1ccc(Br)cc1)C(=O)CN(c1cc(Cl)ccc1Cl)S(C)(=O)=O. The van der Waals surface area contributed by atoms with E-state index >= 15 is 0 Å². The average Bonchev–Trinajstić information content (AvgIpc) is 2.90. The van der Waals surface area contributed by atoms with Crippen molar-refractivity contribution in [1.29, 1.82) is 0 Å². The molecule has 3 aromatic rings. The Morgan fingerprint density at radius 2 is 1.64 bits per heavy atom. The van der Waals surface area contributed by atoms with Crippen LogP contribution in [-0.4, -0.2) is 50.5 Å². The van der Waals surface area contributed by atoms with Crippen LogP contribution in [0.5, 0.6) is 0 Å². The van der Waals surface area contributed by atoms with Crippen LogP contribution < -0.4 is 9.62 Å². The fraction of sp³-hybridized carbons (Fsp3) is 0.286. The number of anilines is 1. The van der Waals surface area contributed by atoms with E-state index in [9.17, 15) is 18.0 Å². The van der Waals surface area contributed by atoms with Crippen molar-refractivity contribution in [2.24, 2.45) is 0 Å². The van der Waals surface area contributed by atoms with Crippen LogP contribution in [-0.2, 0) is 32.6 Å². The molecule has 0 aromatic heterocycles. The first-order valence-electron chi connectivity index (χ1n) is 12.3. The Labute approximate surface area is 248 Å². The molecule has 208 valence electrons. The van der Waals surface area contributed by atoms with Crippen LogP contribution in [0.15, 0.2) is 77.3 Å². The van der Waals surface area contributed by atoms with Gasteiger partial charge in [0.15, 0.2) is 0 Å². The molecule has 1 N–H and O–H groups in total. The van der Waals surface area contributed by atoms with Gasteiger partial charge in [-0.3, -0.25) is 13.9 Å². The normalized spacial score (nSPS) is 12.0. The third-order valence-corrected chi connectivity index (χ3v) is 8.15. The fourth-order valence-electron chi connectivity index (χ4n) is 3.98. The Morgan fingerprint density at radius 3 is 2.26 bits per heavy atom. The summed E-state index contributed by atoms with van der Waals surface area (Å²) in [5.41, 5.74) is 1.72. The summed E-state index contributed by atoms with van der Waals surface area (Å²) < 4.78 is 27.5. The highest BCUT2D eigenvalue weighted by atomic mass is 79.9. The number of sulfonamides is 1. The summed E-state index contributed by atoms with van der Waals surface area (Å²) in [5, 5.41) is 3.29. The van der Waals surface area contributed by atoms with Gasteiger partial charge in [0, 0.05) is 29.0 Å². The Balaban J connectivity index is 2.06. The standard InChI is InChI=1S/C28H30BrCl2N3O4S/c1-3-15-32-28(36)26(16-20-7-5-4-6-8-20)33(18-21-9-11-22(29)12-10-21)27(35)19-34(39(2,37)38)25-17-23(30)13-14-24(25)31/h4-14,17,26H,3,15-16,18-19H2,1-2H3,(H,32,36)/t26-/m0/s1. The number of rotatable bonds is 12. The molecule has 3 rings (SSSR count). The summed E-state index contributed by atoms with van der Waals surface area (Å²) in [6.07, 6.45) is 1.96. The lowest BCUT2D eigenvalue weighted by Crippen LogP contribution is -2.53. The second kappa shape index (κ2) is 14.2. The number of carbonyl (C=O) groups is 2. The second-order valence-corrected chi connectivity index (χ2v) is 12.7. The van der Waals surface area contributed by atoms with Gasteiger partial charge >= 0.3 is 0 Å². The van der Waals surface area contributed by atoms with E-state index < -0.39 is 28.5 Å². The highest BCUT2D eigenvalue weighted by Crippen LogP contribution is 2.31. The lowest BCUT2D eigenvalue weighted by Gasteiger charge is -2.33. The first kappa shape index (κ1) is 30.9. The van der Waals surface area contributed by atoms with Crippen LogP contribution >= 0.6 is 39.1 Å². The van der Waals surface area contributed by atoms with Crippen LogP contribution in [0.2, 0.25) is 10.0 Å². The number of nitrogens with one attached hydrogen (secondary N) is 1. The van der Waals surface area contributed by atoms with Crippen LogP contribution in [0.4, 0.5) is 5.69 Å². The zero-order valence-corrected chi connectivity index (χ0v) is 25.5. The van der Waals surface area contributed by atoms with Gasteiger partial charge in [-0.1, -0.05) is 88.5 Å². The van der Waals surface area contributed by atoms with Gasteiger partial charge < -0.3 is 10.2 Å². The third kappa shape index (κ3) is 8.96. The van der Waals surface area contributed by atoms with Crippen LogP contribution in [0, 0.1) is 0 Å². The molecule has 0 aliphatic carbocycles. The molecule has 7 nitrogen and oxygen atoms in total. The predicted molar refractivity (Wildman–Crippen MR) is 161 cm³/mol. The Morgan fingerprint density at radius 1 is 0.974 bits per heavy atom. The van der Waals surface area contributed by atoms with E-state index in [0.717, 1.165) is 32.6 Å². The van der Waals surface area contributed by atoms with E-state index in [0.29, 0.717) is 6.54 Å². The van der Waals surface area contributed by atoms with Gasteiger partial charge in [0.05, 0.1) is 17.0 Å². The average molecular weight is 655 g/mol. The maximum Gasteiger partial charge on any atom is 0.244 e. The van der Waals surface area contributed by atoms with Crippen LogP contribution in [0.25, 0.3) is 0 Å². The van der Waals surface area contributed by atoms with E-state index in [-0.39, 0.29) is 34.6 Å². The molecule has 0 aliphatic heterocycles. The topological polar surface area (TPSA) is 86.8 Å². The highest BCUT2D eigenvalue weighted by Gasteiger charge is 2.33. The maximum atomic E-state index is 14.0.